The lowest BCUT2D eigenvalue weighted by Gasteiger charge is -2.20. The average Bonchev–Trinajstić information content (AvgIpc) is 3.61. The highest BCUT2D eigenvalue weighted by Gasteiger charge is 2.26. The molecule has 0 aliphatic carbocycles. The van der Waals surface area contributed by atoms with Crippen LogP contribution >= 0.6 is 0 Å². The Hall–Kier alpha value is -5.42. The van der Waals surface area contributed by atoms with Crippen molar-refractivity contribution in [2.75, 3.05) is 31.8 Å². The van der Waals surface area contributed by atoms with Crippen molar-refractivity contribution < 1.29 is 22.4 Å². The summed E-state index contributed by atoms with van der Waals surface area (Å²) in [7, 11) is 0.953. The molecule has 0 atom stereocenters. The van der Waals surface area contributed by atoms with E-state index in [9.17, 15) is 13.2 Å². The van der Waals surface area contributed by atoms with Crippen LogP contribution in [-0.4, -0.2) is 56.2 Å². The van der Waals surface area contributed by atoms with Gasteiger partial charge in [0, 0.05) is 54.3 Å². The number of sulfonamides is 1. The minimum absolute atomic E-state index is 0.324. The second-order valence-electron chi connectivity index (χ2n) is 11.0. The third-order valence-electron chi connectivity index (χ3n) is 8.14. The monoisotopic (exact) mass is 619 g/mol. The van der Waals surface area contributed by atoms with Gasteiger partial charge in [0.25, 0.3) is 5.91 Å². The van der Waals surface area contributed by atoms with Crippen molar-refractivity contribution in [3.63, 3.8) is 0 Å². The highest BCUT2D eigenvalue weighted by molar-refractivity contribution is 7.92. The van der Waals surface area contributed by atoms with Crippen molar-refractivity contribution in [3.05, 3.63) is 90.1 Å². The first-order chi connectivity index (χ1) is 21.6. The minimum Gasteiger partial charge on any atom is -0.481 e. The summed E-state index contributed by atoms with van der Waals surface area (Å²) in [5, 5.41) is 4.17. The number of aryl methyl sites for hydroxylation is 1. The molecule has 0 fully saturated rings. The lowest BCUT2D eigenvalue weighted by atomic mass is 10.00. The molecule has 226 valence electrons. The fraction of sp³-hybridized carbons (Fsp3) is 0.147. The zero-order chi connectivity index (χ0) is 31.6. The molecular formula is C34H29N5O5S. The maximum absolute atomic E-state index is 13.3. The molecule has 0 saturated heterocycles. The van der Waals surface area contributed by atoms with Gasteiger partial charge in [-0.05, 0) is 37.3 Å². The molecule has 0 aliphatic rings. The highest BCUT2D eigenvalue weighted by Crippen LogP contribution is 2.41. The van der Waals surface area contributed by atoms with Crippen LogP contribution in [0, 0.1) is 6.92 Å². The number of amides is 1. The second-order valence-corrected chi connectivity index (χ2v) is 13.0. The molecule has 0 aliphatic heterocycles. The maximum Gasteiger partial charge on any atom is 0.255 e. The predicted molar refractivity (Wildman–Crippen MR) is 177 cm³/mol. The number of fused-ring (bicyclic) bond motifs is 6. The number of carbonyl (C=O) groups is 1. The molecule has 0 spiro atoms. The number of nitrogens with zero attached hydrogens (tertiary/aromatic N) is 4. The number of methoxy groups -OCH3 is 1. The number of pyridine rings is 3. The molecule has 7 rings (SSSR count). The zero-order valence-electron chi connectivity index (χ0n) is 25.2. The molecule has 0 unspecified atom stereocenters. The van der Waals surface area contributed by atoms with Gasteiger partial charge >= 0.3 is 0 Å². The van der Waals surface area contributed by atoms with Gasteiger partial charge in [0.05, 0.1) is 52.4 Å². The van der Waals surface area contributed by atoms with Crippen LogP contribution in [0.3, 0.4) is 0 Å². The topological polar surface area (TPSA) is 119 Å². The third-order valence-corrected chi connectivity index (χ3v) is 9.33. The van der Waals surface area contributed by atoms with Crippen LogP contribution in [0.4, 0.5) is 5.69 Å². The molecular weight excluding hydrogens is 590 g/mol. The lowest BCUT2D eigenvalue weighted by Crippen LogP contribution is -2.25. The van der Waals surface area contributed by atoms with Crippen LogP contribution in [-0.2, 0) is 10.0 Å². The van der Waals surface area contributed by atoms with Crippen LogP contribution in [0.5, 0.6) is 5.88 Å². The van der Waals surface area contributed by atoms with Crippen LogP contribution < -0.4 is 14.4 Å². The smallest absolute Gasteiger partial charge is 0.255 e. The van der Waals surface area contributed by atoms with Gasteiger partial charge in [-0.2, -0.15) is 0 Å². The zero-order valence-corrected chi connectivity index (χ0v) is 26.1. The predicted octanol–water partition coefficient (Wildman–Crippen LogP) is 6.19. The summed E-state index contributed by atoms with van der Waals surface area (Å²) in [4.78, 5) is 23.0. The van der Waals surface area contributed by atoms with E-state index in [1.54, 1.807) is 26.3 Å². The van der Waals surface area contributed by atoms with Crippen LogP contribution in [0.25, 0.3) is 61.0 Å². The van der Waals surface area contributed by atoms with E-state index in [0.717, 1.165) is 39.3 Å². The number of furan rings is 1. The van der Waals surface area contributed by atoms with Gasteiger partial charge in [0.2, 0.25) is 15.9 Å². The van der Waals surface area contributed by atoms with Crippen LogP contribution in [0.2, 0.25) is 0 Å². The Bertz CT molecular complexity index is 2430. The van der Waals surface area contributed by atoms with E-state index < -0.39 is 10.0 Å². The first kappa shape index (κ1) is 28.4. The molecule has 1 amide bonds. The molecule has 10 nitrogen and oxygen atoms in total. The number of hydrogen-bond acceptors (Lipinski definition) is 7. The van der Waals surface area contributed by atoms with Gasteiger partial charge in [-0.3, -0.25) is 9.10 Å². The van der Waals surface area contributed by atoms with Crippen molar-refractivity contribution in [1.29, 1.82) is 0 Å². The first-order valence-electron chi connectivity index (χ1n) is 14.2. The SMILES string of the molecule is CNC(=O)c1c(-c2ccc(C)cc2)oc2cc(N(C)S(C)(=O)=O)c(-c3ccc4ccn5c6ccc(OC)nc6cc5c4n3)cc12. The number of hydrogen-bond donors (Lipinski definition) is 1. The number of benzene rings is 2. The van der Waals surface area contributed by atoms with E-state index in [-0.39, 0.29) is 5.91 Å². The quantitative estimate of drug-likeness (QED) is 0.236. The van der Waals surface area contributed by atoms with Gasteiger partial charge in [0.1, 0.15) is 11.3 Å². The Morgan fingerprint density at radius 1 is 0.978 bits per heavy atom. The lowest BCUT2D eigenvalue weighted by molar-refractivity contribution is 0.0964. The van der Waals surface area contributed by atoms with Crippen LogP contribution in [0.1, 0.15) is 15.9 Å². The number of aromatic nitrogens is 3. The molecule has 5 aromatic heterocycles. The number of anilines is 1. The normalized spacial score (nSPS) is 11.9. The van der Waals surface area contributed by atoms with E-state index >= 15 is 0 Å². The summed E-state index contributed by atoms with van der Waals surface area (Å²) in [6, 6.07) is 22.6. The molecule has 0 saturated carbocycles. The van der Waals surface area contributed by atoms with Gasteiger partial charge in [-0.15, -0.1) is 0 Å². The minimum atomic E-state index is -3.68. The Kier molecular flexibility index (Phi) is 6.52. The Labute approximate surface area is 258 Å². The summed E-state index contributed by atoms with van der Waals surface area (Å²) in [6.07, 6.45) is 3.11. The Balaban J connectivity index is 1.52. The number of ether oxygens (including phenoxy) is 1. The van der Waals surface area contributed by atoms with Crippen molar-refractivity contribution >= 4 is 60.0 Å². The third kappa shape index (κ3) is 4.63. The van der Waals surface area contributed by atoms with E-state index in [4.69, 9.17) is 14.1 Å². The van der Waals surface area contributed by atoms with Gasteiger partial charge in [-0.25, -0.2) is 18.4 Å². The molecule has 0 radical (unpaired) electrons. The number of nitrogens with one attached hydrogen (secondary N) is 1. The Morgan fingerprint density at radius 3 is 2.47 bits per heavy atom. The number of carbonyl (C=O) groups excluding carboxylic acids is 1. The van der Waals surface area contributed by atoms with Gasteiger partial charge in [-0.1, -0.05) is 35.9 Å². The maximum atomic E-state index is 13.3. The highest BCUT2D eigenvalue weighted by atomic mass is 32.2. The van der Waals surface area contributed by atoms with Crippen molar-refractivity contribution in [2.24, 2.45) is 0 Å². The van der Waals surface area contributed by atoms with Crippen molar-refractivity contribution in [2.45, 2.75) is 6.92 Å². The second kappa shape index (κ2) is 10.3. The standard InChI is InChI=1S/C34H29N5O5S/c1-19-6-8-21(9-7-19)33-31(34(40)35-2)23-16-22(27(18-29(23)44-33)38(3)45(5,41)42)24-11-10-20-14-15-39-26-12-13-30(43-4)36-25(26)17-28(39)32(20)37-24/h6-18H,1-5H3,(H,35,40). The summed E-state index contributed by atoms with van der Waals surface area (Å²) < 4.78 is 40.6. The molecule has 0 bridgehead atoms. The van der Waals surface area contributed by atoms with Crippen LogP contribution in [0.15, 0.2) is 83.4 Å². The fourth-order valence-corrected chi connectivity index (χ4v) is 6.20. The molecule has 11 heteroatoms. The van der Waals surface area contributed by atoms with Gasteiger partial charge < -0.3 is 18.9 Å². The molecule has 2 aromatic carbocycles. The summed E-state index contributed by atoms with van der Waals surface area (Å²) in [5.74, 6) is 0.580. The van der Waals surface area contributed by atoms with Crippen molar-refractivity contribution in [1.82, 2.24) is 19.7 Å². The molecule has 5 heterocycles. The Morgan fingerprint density at radius 2 is 1.76 bits per heavy atom. The largest absolute Gasteiger partial charge is 0.481 e. The molecule has 1 N–H and O–H groups in total. The molecule has 45 heavy (non-hydrogen) atoms. The van der Waals surface area contributed by atoms with E-state index in [2.05, 4.69) is 10.3 Å². The number of rotatable bonds is 6. The summed E-state index contributed by atoms with van der Waals surface area (Å²) in [5.41, 5.74) is 7.14. The molecule has 7 aromatic rings. The average molecular weight is 620 g/mol. The fourth-order valence-electron chi connectivity index (χ4n) is 5.69. The van der Waals surface area contributed by atoms with Gasteiger partial charge in [0.15, 0.2) is 0 Å². The first-order valence-corrected chi connectivity index (χ1v) is 16.0. The van der Waals surface area contributed by atoms with E-state index in [1.165, 1.54) is 11.4 Å². The van der Waals surface area contributed by atoms with E-state index in [0.29, 0.717) is 50.6 Å². The summed E-state index contributed by atoms with van der Waals surface area (Å²) >= 11 is 0. The van der Waals surface area contributed by atoms with Crippen molar-refractivity contribution in [3.8, 4) is 28.5 Å². The van der Waals surface area contributed by atoms with E-state index in [1.807, 2.05) is 78.2 Å². The summed E-state index contributed by atoms with van der Waals surface area (Å²) in [6.45, 7) is 1.98.